The first-order valence-corrected chi connectivity index (χ1v) is 4.03. The van der Waals surface area contributed by atoms with Crippen LogP contribution >= 0.6 is 0 Å². The first kappa shape index (κ1) is 15.0. The molecule has 0 unspecified atom stereocenters. The minimum atomic E-state index is 0. The standard InChI is InChI=1S/C8H19NO.K.H/c1-9(2)7-5-3-4-6-8-10;;/h10H,3-8H2,1-2H3;;/q;+1;-1. The van der Waals surface area contributed by atoms with Gasteiger partial charge in [-0.3, -0.25) is 0 Å². The first-order chi connectivity index (χ1) is 4.77. The molecule has 64 valence electrons. The summed E-state index contributed by atoms with van der Waals surface area (Å²) in [5.41, 5.74) is 0. The van der Waals surface area contributed by atoms with Crippen LogP contribution in [0.5, 0.6) is 0 Å². The molecule has 3 heteroatoms. The summed E-state index contributed by atoms with van der Waals surface area (Å²) >= 11 is 0. The molecule has 0 aliphatic rings. The summed E-state index contributed by atoms with van der Waals surface area (Å²) in [7, 11) is 4.18. The molecule has 0 fully saturated rings. The molecule has 1 N–H and O–H groups in total. The maximum absolute atomic E-state index is 8.46. The fourth-order valence-electron chi connectivity index (χ4n) is 0.893. The van der Waals surface area contributed by atoms with Crippen molar-refractivity contribution in [1.82, 2.24) is 4.90 Å². The summed E-state index contributed by atoms with van der Waals surface area (Å²) in [6, 6.07) is 0. The van der Waals surface area contributed by atoms with Crippen molar-refractivity contribution in [3.8, 4) is 0 Å². The van der Waals surface area contributed by atoms with E-state index < -0.39 is 0 Å². The van der Waals surface area contributed by atoms with E-state index in [0.29, 0.717) is 6.61 Å². The molecule has 11 heavy (non-hydrogen) atoms. The number of rotatable bonds is 6. The van der Waals surface area contributed by atoms with Crippen molar-refractivity contribution in [2.75, 3.05) is 27.2 Å². The third-order valence-corrected chi connectivity index (χ3v) is 1.51. The minimum Gasteiger partial charge on any atom is -1.00 e. The summed E-state index contributed by atoms with van der Waals surface area (Å²) in [6.45, 7) is 1.52. The Hall–Kier alpha value is 1.56. The maximum atomic E-state index is 8.46. The fourth-order valence-corrected chi connectivity index (χ4v) is 0.893. The molecule has 0 spiro atoms. The van der Waals surface area contributed by atoms with E-state index in [1.54, 1.807) is 0 Å². The largest absolute Gasteiger partial charge is 1.00 e. The quantitative estimate of drug-likeness (QED) is 0.391. The number of hydrogen-bond donors (Lipinski definition) is 1. The third-order valence-electron chi connectivity index (χ3n) is 1.51. The van der Waals surface area contributed by atoms with Gasteiger partial charge in [-0.1, -0.05) is 12.8 Å². The number of nitrogens with zero attached hydrogens (tertiary/aromatic N) is 1. The summed E-state index contributed by atoms with van der Waals surface area (Å²) < 4.78 is 0. The molecule has 0 aromatic heterocycles. The molecule has 0 bridgehead atoms. The Balaban J connectivity index is -0.000000405. The molecule has 0 saturated heterocycles. The van der Waals surface area contributed by atoms with Crippen LogP contribution in [0.15, 0.2) is 0 Å². The SMILES string of the molecule is CN(C)CCCCCCO.[H-].[K+]. The maximum Gasteiger partial charge on any atom is 1.00 e. The first-order valence-electron chi connectivity index (χ1n) is 4.03. The monoisotopic (exact) mass is 185 g/mol. The van der Waals surface area contributed by atoms with Gasteiger partial charge in [-0.15, -0.1) is 0 Å². The average Bonchev–Trinajstić information content (AvgIpc) is 1.87. The second-order valence-corrected chi connectivity index (χ2v) is 2.94. The Bertz CT molecular complexity index is 74.1. The van der Waals surface area contributed by atoms with Gasteiger partial charge in [-0.2, -0.15) is 0 Å². The van der Waals surface area contributed by atoms with Gasteiger partial charge < -0.3 is 11.4 Å². The van der Waals surface area contributed by atoms with Crippen molar-refractivity contribution in [3.63, 3.8) is 0 Å². The van der Waals surface area contributed by atoms with E-state index >= 15 is 0 Å². The third kappa shape index (κ3) is 14.4. The molecule has 0 saturated carbocycles. The van der Waals surface area contributed by atoms with Crippen LogP contribution in [0.2, 0.25) is 0 Å². The van der Waals surface area contributed by atoms with Crippen molar-refractivity contribution >= 4 is 0 Å². The number of aliphatic hydroxyl groups is 1. The van der Waals surface area contributed by atoms with Gasteiger partial charge >= 0.3 is 51.4 Å². The van der Waals surface area contributed by atoms with Crippen molar-refractivity contribution in [3.05, 3.63) is 0 Å². The summed E-state index contributed by atoms with van der Waals surface area (Å²) in [6.07, 6.45) is 4.64. The molecule has 0 aliphatic heterocycles. The van der Waals surface area contributed by atoms with E-state index in [1.807, 2.05) is 0 Å². The summed E-state index contributed by atoms with van der Waals surface area (Å²) in [5.74, 6) is 0. The van der Waals surface area contributed by atoms with Gasteiger partial charge in [-0.05, 0) is 33.5 Å². The van der Waals surface area contributed by atoms with Crippen LogP contribution in [0.4, 0.5) is 0 Å². The summed E-state index contributed by atoms with van der Waals surface area (Å²) in [5, 5.41) is 8.46. The molecule has 0 rings (SSSR count). The Labute approximate surface area is 114 Å². The van der Waals surface area contributed by atoms with Gasteiger partial charge in [0.05, 0.1) is 0 Å². The van der Waals surface area contributed by atoms with E-state index in [2.05, 4.69) is 19.0 Å². The fraction of sp³-hybridized carbons (Fsp3) is 1.00. The zero-order valence-corrected chi connectivity index (χ0v) is 11.3. The van der Waals surface area contributed by atoms with Crippen LogP contribution in [-0.4, -0.2) is 37.3 Å². The predicted octanol–water partition coefficient (Wildman–Crippen LogP) is -1.78. The molecule has 0 aromatic carbocycles. The van der Waals surface area contributed by atoms with E-state index in [0.717, 1.165) is 6.42 Å². The van der Waals surface area contributed by atoms with Crippen LogP contribution in [0.3, 0.4) is 0 Å². The Morgan fingerprint density at radius 3 is 2.09 bits per heavy atom. The number of aliphatic hydroxyl groups excluding tert-OH is 1. The number of unbranched alkanes of at least 4 members (excludes halogenated alkanes) is 3. The topological polar surface area (TPSA) is 23.5 Å². The van der Waals surface area contributed by atoms with E-state index in [4.69, 9.17) is 5.11 Å². The molecular formula is C8H20KNO. The molecule has 0 aromatic rings. The molecular weight excluding hydrogens is 165 g/mol. The van der Waals surface area contributed by atoms with Crippen molar-refractivity contribution < 1.29 is 57.9 Å². The van der Waals surface area contributed by atoms with Crippen molar-refractivity contribution in [2.45, 2.75) is 25.7 Å². The van der Waals surface area contributed by atoms with Gasteiger partial charge in [0.1, 0.15) is 0 Å². The van der Waals surface area contributed by atoms with Gasteiger partial charge in [0.15, 0.2) is 0 Å². The van der Waals surface area contributed by atoms with Gasteiger partial charge in [0.25, 0.3) is 0 Å². The normalized spacial score (nSPS) is 9.82. The van der Waals surface area contributed by atoms with Crippen LogP contribution in [-0.2, 0) is 0 Å². The predicted molar refractivity (Wildman–Crippen MR) is 45.2 cm³/mol. The van der Waals surface area contributed by atoms with Crippen LogP contribution in [0.1, 0.15) is 27.1 Å². The zero-order chi connectivity index (χ0) is 7.82. The average molecular weight is 185 g/mol. The van der Waals surface area contributed by atoms with Crippen molar-refractivity contribution in [1.29, 1.82) is 0 Å². The van der Waals surface area contributed by atoms with Crippen LogP contribution in [0.25, 0.3) is 0 Å². The second-order valence-electron chi connectivity index (χ2n) is 2.94. The van der Waals surface area contributed by atoms with Gasteiger partial charge in [0, 0.05) is 6.61 Å². The smallest absolute Gasteiger partial charge is 1.00 e. The Morgan fingerprint density at radius 1 is 1.09 bits per heavy atom. The molecule has 0 radical (unpaired) electrons. The molecule has 0 atom stereocenters. The van der Waals surface area contributed by atoms with Crippen molar-refractivity contribution in [2.24, 2.45) is 0 Å². The van der Waals surface area contributed by atoms with E-state index in [1.165, 1.54) is 25.8 Å². The number of hydrogen-bond acceptors (Lipinski definition) is 2. The molecule has 0 aliphatic carbocycles. The zero-order valence-electron chi connectivity index (χ0n) is 9.14. The second kappa shape index (κ2) is 11.6. The molecule has 0 heterocycles. The molecule has 0 amide bonds. The Morgan fingerprint density at radius 2 is 1.64 bits per heavy atom. The van der Waals surface area contributed by atoms with Crippen LogP contribution < -0.4 is 51.4 Å². The Kier molecular flexibility index (Phi) is 15.8. The summed E-state index contributed by atoms with van der Waals surface area (Å²) in [4.78, 5) is 2.19. The van der Waals surface area contributed by atoms with Gasteiger partial charge in [-0.25, -0.2) is 0 Å². The van der Waals surface area contributed by atoms with Crippen LogP contribution in [0, 0.1) is 0 Å². The van der Waals surface area contributed by atoms with Gasteiger partial charge in [0.2, 0.25) is 0 Å². The molecule has 2 nitrogen and oxygen atoms in total. The van der Waals surface area contributed by atoms with E-state index in [9.17, 15) is 0 Å². The van der Waals surface area contributed by atoms with E-state index in [-0.39, 0.29) is 52.8 Å². The minimum absolute atomic E-state index is 0.